The van der Waals surface area contributed by atoms with Gasteiger partial charge in [-0.3, -0.25) is 0 Å². The molecule has 2 atom stereocenters. The summed E-state index contributed by atoms with van der Waals surface area (Å²) in [4.78, 5) is 0. The summed E-state index contributed by atoms with van der Waals surface area (Å²) in [5.41, 5.74) is 1.20. The molecular formula is C28H40F2. The van der Waals surface area contributed by atoms with Gasteiger partial charge in [-0.15, -0.1) is 0 Å². The molecule has 30 heavy (non-hydrogen) atoms. The van der Waals surface area contributed by atoms with Gasteiger partial charge >= 0.3 is 0 Å². The Morgan fingerprint density at radius 3 is 1.93 bits per heavy atom. The molecule has 166 valence electrons. The maximum Gasteiger partial charge on any atom is 0.162 e. The first-order valence-corrected chi connectivity index (χ1v) is 12.7. The molecule has 0 aromatic heterocycles. The van der Waals surface area contributed by atoms with Crippen LogP contribution in [0.5, 0.6) is 0 Å². The van der Waals surface area contributed by atoms with Crippen molar-refractivity contribution < 1.29 is 8.78 Å². The SMILES string of the molecule is CCCC1C=CC(c2ccc(C3CCC(C4CCC(C)CC4)CC3)c(F)c2F)CC1. The fraction of sp³-hybridized carbons (Fsp3) is 0.714. The van der Waals surface area contributed by atoms with E-state index in [1.165, 1.54) is 51.4 Å². The molecule has 1 aromatic carbocycles. The van der Waals surface area contributed by atoms with Crippen molar-refractivity contribution in [2.24, 2.45) is 23.7 Å². The van der Waals surface area contributed by atoms with E-state index >= 15 is 8.78 Å². The van der Waals surface area contributed by atoms with Crippen LogP contribution in [0.15, 0.2) is 24.3 Å². The maximum atomic E-state index is 15.1. The third-order valence-corrected chi connectivity index (χ3v) is 8.60. The lowest BCUT2D eigenvalue weighted by atomic mass is 9.68. The van der Waals surface area contributed by atoms with Gasteiger partial charge in [-0.2, -0.15) is 0 Å². The Morgan fingerprint density at radius 1 is 0.733 bits per heavy atom. The predicted molar refractivity (Wildman–Crippen MR) is 122 cm³/mol. The van der Waals surface area contributed by atoms with E-state index in [1.54, 1.807) is 0 Å². The Hall–Kier alpha value is -1.18. The van der Waals surface area contributed by atoms with Crippen LogP contribution in [0.4, 0.5) is 8.78 Å². The van der Waals surface area contributed by atoms with Crippen molar-refractivity contribution in [2.75, 3.05) is 0 Å². The second kappa shape index (κ2) is 9.96. The number of halogens is 2. The number of allylic oxidation sites excluding steroid dienone is 2. The molecule has 0 nitrogen and oxygen atoms in total. The molecule has 0 N–H and O–H groups in total. The standard InChI is InChI=1S/C28H40F2/c1-3-4-20-7-11-23(12-8-20)25-17-18-26(28(30)27(25)29)24-15-13-22(14-16-24)21-9-5-19(2)6-10-21/h7,11,17-24H,3-6,8-10,12-16H2,1-2H3. The van der Waals surface area contributed by atoms with Crippen LogP contribution in [-0.4, -0.2) is 0 Å². The fourth-order valence-electron chi connectivity index (χ4n) is 6.59. The van der Waals surface area contributed by atoms with Gasteiger partial charge in [-0.25, -0.2) is 8.78 Å². The zero-order valence-corrected chi connectivity index (χ0v) is 19.0. The molecule has 2 fully saturated rings. The van der Waals surface area contributed by atoms with Gasteiger partial charge in [0.1, 0.15) is 0 Å². The lowest BCUT2D eigenvalue weighted by Gasteiger charge is -2.37. The summed E-state index contributed by atoms with van der Waals surface area (Å²) in [7, 11) is 0. The van der Waals surface area contributed by atoms with Crippen LogP contribution in [0.2, 0.25) is 0 Å². The molecule has 0 heterocycles. The summed E-state index contributed by atoms with van der Waals surface area (Å²) in [5, 5.41) is 0. The molecule has 0 aliphatic heterocycles. The van der Waals surface area contributed by atoms with Gasteiger partial charge in [0.25, 0.3) is 0 Å². The van der Waals surface area contributed by atoms with Crippen molar-refractivity contribution in [2.45, 2.75) is 103 Å². The average molecular weight is 415 g/mol. The van der Waals surface area contributed by atoms with Crippen molar-refractivity contribution in [3.05, 3.63) is 47.0 Å². The second-order valence-corrected chi connectivity index (χ2v) is 10.6. The molecule has 4 rings (SSSR count). The van der Waals surface area contributed by atoms with Crippen molar-refractivity contribution in [3.8, 4) is 0 Å². The summed E-state index contributed by atoms with van der Waals surface area (Å²) in [6, 6.07) is 3.80. The fourth-order valence-corrected chi connectivity index (χ4v) is 6.59. The summed E-state index contributed by atoms with van der Waals surface area (Å²) in [5.74, 6) is 2.27. The van der Waals surface area contributed by atoms with Gasteiger partial charge in [-0.1, -0.05) is 57.4 Å². The van der Waals surface area contributed by atoms with Gasteiger partial charge < -0.3 is 0 Å². The third-order valence-electron chi connectivity index (χ3n) is 8.60. The third kappa shape index (κ3) is 4.83. The summed E-state index contributed by atoms with van der Waals surface area (Å²) in [6.07, 6.45) is 18.7. The monoisotopic (exact) mass is 414 g/mol. The van der Waals surface area contributed by atoms with Crippen LogP contribution in [0.3, 0.4) is 0 Å². The van der Waals surface area contributed by atoms with E-state index in [0.29, 0.717) is 17.0 Å². The molecule has 2 heteroatoms. The molecule has 3 aliphatic carbocycles. The highest BCUT2D eigenvalue weighted by atomic mass is 19.2. The van der Waals surface area contributed by atoms with Crippen LogP contribution in [-0.2, 0) is 0 Å². The second-order valence-electron chi connectivity index (χ2n) is 10.6. The first-order valence-electron chi connectivity index (χ1n) is 12.7. The molecule has 0 spiro atoms. The van der Waals surface area contributed by atoms with E-state index in [4.69, 9.17) is 0 Å². The smallest absolute Gasteiger partial charge is 0.162 e. The Kier molecular flexibility index (Phi) is 7.32. The molecule has 2 saturated carbocycles. The summed E-state index contributed by atoms with van der Waals surface area (Å²) < 4.78 is 30.1. The minimum Gasteiger partial charge on any atom is -0.203 e. The Labute approximate surface area is 182 Å². The zero-order chi connectivity index (χ0) is 21.1. The van der Waals surface area contributed by atoms with Crippen molar-refractivity contribution in [1.29, 1.82) is 0 Å². The molecular weight excluding hydrogens is 374 g/mol. The average Bonchev–Trinajstić information content (AvgIpc) is 2.77. The summed E-state index contributed by atoms with van der Waals surface area (Å²) in [6.45, 7) is 4.58. The van der Waals surface area contributed by atoms with Gasteiger partial charge in [0, 0.05) is 5.92 Å². The first-order chi connectivity index (χ1) is 14.6. The zero-order valence-electron chi connectivity index (χ0n) is 19.0. The molecule has 0 amide bonds. The highest BCUT2D eigenvalue weighted by Crippen LogP contribution is 2.45. The molecule has 2 unspecified atom stereocenters. The summed E-state index contributed by atoms with van der Waals surface area (Å²) >= 11 is 0. The lowest BCUT2D eigenvalue weighted by molar-refractivity contribution is 0.164. The molecule has 0 saturated heterocycles. The van der Waals surface area contributed by atoms with Crippen molar-refractivity contribution in [1.82, 2.24) is 0 Å². The van der Waals surface area contributed by atoms with Crippen LogP contribution in [0.25, 0.3) is 0 Å². The van der Waals surface area contributed by atoms with E-state index in [9.17, 15) is 0 Å². The van der Waals surface area contributed by atoms with Crippen LogP contribution < -0.4 is 0 Å². The number of hydrogen-bond acceptors (Lipinski definition) is 0. The van der Waals surface area contributed by atoms with Crippen LogP contribution in [0.1, 0.15) is 114 Å². The maximum absolute atomic E-state index is 15.1. The van der Waals surface area contributed by atoms with Gasteiger partial charge in [-0.05, 0) is 98.5 Å². The van der Waals surface area contributed by atoms with E-state index in [-0.39, 0.29) is 11.8 Å². The van der Waals surface area contributed by atoms with Gasteiger partial charge in [0.05, 0.1) is 0 Å². The molecule has 3 aliphatic rings. The Bertz CT molecular complexity index is 720. The van der Waals surface area contributed by atoms with E-state index in [1.807, 2.05) is 12.1 Å². The number of hydrogen-bond donors (Lipinski definition) is 0. The van der Waals surface area contributed by atoms with E-state index in [2.05, 4.69) is 26.0 Å². The largest absolute Gasteiger partial charge is 0.203 e. The Morgan fingerprint density at radius 2 is 1.33 bits per heavy atom. The predicted octanol–water partition coefficient (Wildman–Crippen LogP) is 8.91. The number of rotatable bonds is 5. The highest BCUT2D eigenvalue weighted by molar-refractivity contribution is 5.34. The van der Waals surface area contributed by atoms with Crippen LogP contribution in [0, 0.1) is 35.3 Å². The van der Waals surface area contributed by atoms with Crippen molar-refractivity contribution >= 4 is 0 Å². The molecule has 0 radical (unpaired) electrons. The normalized spacial score (nSPS) is 34.8. The quantitative estimate of drug-likeness (QED) is 0.422. The molecule has 1 aromatic rings. The Balaban J connectivity index is 1.39. The minimum absolute atomic E-state index is 0.0334. The van der Waals surface area contributed by atoms with Crippen LogP contribution >= 0.6 is 0 Å². The van der Waals surface area contributed by atoms with Gasteiger partial charge in [0.15, 0.2) is 11.6 Å². The van der Waals surface area contributed by atoms with E-state index in [0.717, 1.165) is 43.4 Å². The van der Waals surface area contributed by atoms with Crippen molar-refractivity contribution in [3.63, 3.8) is 0 Å². The first kappa shape index (κ1) is 22.0. The number of benzene rings is 1. The van der Waals surface area contributed by atoms with E-state index < -0.39 is 11.6 Å². The lowest BCUT2D eigenvalue weighted by Crippen LogP contribution is -2.25. The molecule has 0 bridgehead atoms. The minimum atomic E-state index is -0.584. The highest BCUT2D eigenvalue weighted by Gasteiger charge is 2.32. The topological polar surface area (TPSA) is 0 Å². The van der Waals surface area contributed by atoms with Gasteiger partial charge in [0.2, 0.25) is 0 Å².